The quantitative estimate of drug-likeness (QED) is 0.867. The van der Waals surface area contributed by atoms with Gasteiger partial charge in [0, 0.05) is 32.8 Å². The molecule has 2 rings (SSSR count). The van der Waals surface area contributed by atoms with Crippen LogP contribution in [0.4, 0.5) is 0 Å². The molecule has 0 radical (unpaired) electrons. The standard InChI is InChI=1S/C16H32N2O.ClH/c1-16(2)7-4-13(5-8-16)12-18-9-6-15(19-3)10-14(18)11-17;/h13-15H,4-12,17H2,1-3H3;1H. The van der Waals surface area contributed by atoms with E-state index in [-0.39, 0.29) is 12.4 Å². The molecule has 1 heterocycles. The van der Waals surface area contributed by atoms with Gasteiger partial charge >= 0.3 is 0 Å². The predicted octanol–water partition coefficient (Wildman–Crippen LogP) is 3.06. The van der Waals surface area contributed by atoms with E-state index in [1.54, 1.807) is 0 Å². The van der Waals surface area contributed by atoms with Crippen molar-refractivity contribution in [2.75, 3.05) is 26.7 Å². The number of likely N-dealkylation sites (tertiary alicyclic amines) is 1. The number of halogens is 1. The molecule has 0 aromatic carbocycles. The number of hydrogen-bond donors (Lipinski definition) is 1. The van der Waals surface area contributed by atoms with Gasteiger partial charge in [-0.2, -0.15) is 0 Å². The first kappa shape index (κ1) is 18.2. The molecular formula is C16H33ClN2O. The molecular weight excluding hydrogens is 272 g/mol. The maximum Gasteiger partial charge on any atom is 0.0599 e. The maximum absolute atomic E-state index is 5.96. The van der Waals surface area contributed by atoms with Crippen LogP contribution in [0.1, 0.15) is 52.4 Å². The summed E-state index contributed by atoms with van der Waals surface area (Å²) in [7, 11) is 1.83. The van der Waals surface area contributed by atoms with E-state index < -0.39 is 0 Å². The molecule has 2 unspecified atom stereocenters. The van der Waals surface area contributed by atoms with E-state index in [0.717, 1.165) is 18.9 Å². The summed E-state index contributed by atoms with van der Waals surface area (Å²) in [5.74, 6) is 0.890. The monoisotopic (exact) mass is 304 g/mol. The summed E-state index contributed by atoms with van der Waals surface area (Å²) < 4.78 is 5.51. The first-order chi connectivity index (χ1) is 9.04. The molecule has 2 fully saturated rings. The van der Waals surface area contributed by atoms with Crippen molar-refractivity contribution in [2.24, 2.45) is 17.1 Å². The van der Waals surface area contributed by atoms with Gasteiger partial charge in [-0.15, -0.1) is 12.4 Å². The van der Waals surface area contributed by atoms with E-state index >= 15 is 0 Å². The van der Waals surface area contributed by atoms with Crippen molar-refractivity contribution in [1.29, 1.82) is 0 Å². The van der Waals surface area contributed by atoms with Gasteiger partial charge in [-0.3, -0.25) is 4.90 Å². The fourth-order valence-corrected chi connectivity index (χ4v) is 3.74. The summed E-state index contributed by atoms with van der Waals surface area (Å²) in [6.45, 7) is 8.03. The van der Waals surface area contributed by atoms with Crippen LogP contribution in [0, 0.1) is 11.3 Å². The summed E-state index contributed by atoms with van der Waals surface area (Å²) in [5, 5.41) is 0. The van der Waals surface area contributed by atoms with Crippen molar-refractivity contribution in [3.8, 4) is 0 Å². The van der Waals surface area contributed by atoms with Crippen molar-refractivity contribution in [2.45, 2.75) is 64.5 Å². The zero-order valence-electron chi connectivity index (χ0n) is 13.4. The average molecular weight is 305 g/mol. The van der Waals surface area contributed by atoms with Crippen LogP contribution in [-0.4, -0.2) is 43.8 Å². The van der Waals surface area contributed by atoms with Gasteiger partial charge in [-0.25, -0.2) is 0 Å². The topological polar surface area (TPSA) is 38.5 Å². The lowest BCUT2D eigenvalue weighted by molar-refractivity contribution is 0.00310. The van der Waals surface area contributed by atoms with Gasteiger partial charge in [0.1, 0.15) is 0 Å². The minimum Gasteiger partial charge on any atom is -0.381 e. The molecule has 2 aliphatic rings. The molecule has 20 heavy (non-hydrogen) atoms. The normalized spacial score (nSPS) is 31.8. The second-order valence-corrected chi connectivity index (χ2v) is 7.37. The number of methoxy groups -OCH3 is 1. The molecule has 2 N–H and O–H groups in total. The first-order valence-corrected chi connectivity index (χ1v) is 8.01. The van der Waals surface area contributed by atoms with Gasteiger partial charge < -0.3 is 10.5 Å². The highest BCUT2D eigenvalue weighted by molar-refractivity contribution is 5.85. The Morgan fingerprint density at radius 1 is 1.20 bits per heavy atom. The van der Waals surface area contributed by atoms with Gasteiger partial charge in [0.15, 0.2) is 0 Å². The summed E-state index contributed by atoms with van der Waals surface area (Å²) in [4.78, 5) is 2.64. The molecule has 4 heteroatoms. The Hall–Kier alpha value is 0.170. The third-order valence-corrected chi connectivity index (χ3v) is 5.35. The average Bonchev–Trinajstić information content (AvgIpc) is 2.41. The SMILES string of the molecule is COC1CCN(CC2CCC(C)(C)CC2)C(CN)C1.Cl. The Bertz CT molecular complexity index is 276. The molecule has 0 aromatic heterocycles. The minimum atomic E-state index is 0. The summed E-state index contributed by atoms with van der Waals surface area (Å²) in [5.41, 5.74) is 6.54. The predicted molar refractivity (Wildman–Crippen MR) is 87.4 cm³/mol. The van der Waals surface area contributed by atoms with Crippen LogP contribution in [0.15, 0.2) is 0 Å². The lowest BCUT2D eigenvalue weighted by Gasteiger charge is -2.42. The molecule has 1 aliphatic heterocycles. The molecule has 0 aromatic rings. The van der Waals surface area contributed by atoms with Gasteiger partial charge in [0.2, 0.25) is 0 Å². The molecule has 0 spiro atoms. The molecule has 1 aliphatic carbocycles. The van der Waals surface area contributed by atoms with Gasteiger partial charge in [-0.05, 0) is 49.9 Å². The molecule has 1 saturated carbocycles. The number of piperidine rings is 1. The van der Waals surface area contributed by atoms with E-state index in [1.807, 2.05) is 7.11 Å². The second kappa shape index (κ2) is 7.98. The Kier molecular flexibility index (Phi) is 7.27. The van der Waals surface area contributed by atoms with Crippen molar-refractivity contribution in [3.05, 3.63) is 0 Å². The van der Waals surface area contributed by atoms with Crippen molar-refractivity contribution in [1.82, 2.24) is 4.90 Å². The summed E-state index contributed by atoms with van der Waals surface area (Å²) in [6.07, 6.45) is 8.29. The zero-order valence-corrected chi connectivity index (χ0v) is 14.3. The lowest BCUT2D eigenvalue weighted by atomic mass is 9.73. The smallest absolute Gasteiger partial charge is 0.0599 e. The molecule has 3 nitrogen and oxygen atoms in total. The van der Waals surface area contributed by atoms with Crippen LogP contribution in [0.2, 0.25) is 0 Å². The van der Waals surface area contributed by atoms with E-state index in [4.69, 9.17) is 10.5 Å². The molecule has 2 atom stereocenters. The highest BCUT2D eigenvalue weighted by Gasteiger charge is 2.32. The zero-order chi connectivity index (χ0) is 13.9. The Balaban J connectivity index is 0.00000200. The van der Waals surface area contributed by atoms with Gasteiger partial charge in [0.25, 0.3) is 0 Å². The summed E-state index contributed by atoms with van der Waals surface area (Å²) >= 11 is 0. The molecule has 0 bridgehead atoms. The first-order valence-electron chi connectivity index (χ1n) is 8.01. The molecule has 120 valence electrons. The van der Waals surface area contributed by atoms with Crippen LogP contribution in [0.25, 0.3) is 0 Å². The van der Waals surface area contributed by atoms with E-state index in [0.29, 0.717) is 17.6 Å². The van der Waals surface area contributed by atoms with Crippen LogP contribution >= 0.6 is 12.4 Å². The van der Waals surface area contributed by atoms with Crippen molar-refractivity contribution >= 4 is 12.4 Å². The van der Waals surface area contributed by atoms with Crippen LogP contribution in [0.3, 0.4) is 0 Å². The van der Waals surface area contributed by atoms with Crippen LogP contribution < -0.4 is 5.73 Å². The minimum absolute atomic E-state index is 0. The fourth-order valence-electron chi connectivity index (χ4n) is 3.74. The highest BCUT2D eigenvalue weighted by Crippen LogP contribution is 2.38. The number of ether oxygens (including phenoxy) is 1. The van der Waals surface area contributed by atoms with Crippen molar-refractivity contribution < 1.29 is 4.74 Å². The number of nitrogens with two attached hydrogens (primary N) is 1. The summed E-state index contributed by atoms with van der Waals surface area (Å²) in [6, 6.07) is 0.536. The number of nitrogens with zero attached hydrogens (tertiary/aromatic N) is 1. The van der Waals surface area contributed by atoms with Crippen molar-refractivity contribution in [3.63, 3.8) is 0 Å². The highest BCUT2D eigenvalue weighted by atomic mass is 35.5. The third kappa shape index (κ3) is 4.87. The van der Waals surface area contributed by atoms with E-state index in [1.165, 1.54) is 45.2 Å². The fraction of sp³-hybridized carbons (Fsp3) is 1.00. The Morgan fingerprint density at radius 2 is 1.85 bits per heavy atom. The third-order valence-electron chi connectivity index (χ3n) is 5.35. The van der Waals surface area contributed by atoms with Crippen LogP contribution in [0.5, 0.6) is 0 Å². The Morgan fingerprint density at radius 3 is 2.40 bits per heavy atom. The van der Waals surface area contributed by atoms with Gasteiger partial charge in [-0.1, -0.05) is 13.8 Å². The lowest BCUT2D eigenvalue weighted by Crippen LogP contribution is -2.50. The number of rotatable bonds is 4. The number of hydrogen-bond acceptors (Lipinski definition) is 3. The maximum atomic E-state index is 5.96. The van der Waals surface area contributed by atoms with E-state index in [2.05, 4.69) is 18.7 Å². The Labute approximate surface area is 131 Å². The van der Waals surface area contributed by atoms with Crippen LogP contribution in [-0.2, 0) is 4.74 Å². The molecule has 1 saturated heterocycles. The largest absolute Gasteiger partial charge is 0.381 e. The van der Waals surface area contributed by atoms with Gasteiger partial charge in [0.05, 0.1) is 6.10 Å². The molecule has 0 amide bonds. The van der Waals surface area contributed by atoms with E-state index in [9.17, 15) is 0 Å². The second-order valence-electron chi connectivity index (χ2n) is 7.37.